The number of nitrogens with one attached hydrogen (secondary N) is 2. The number of alkyl carbamates (subject to hydrolysis) is 1. The summed E-state index contributed by atoms with van der Waals surface area (Å²) in [5.74, 6) is -1.16. The Morgan fingerprint density at radius 3 is 2.21 bits per heavy atom. The van der Waals surface area contributed by atoms with Crippen molar-refractivity contribution in [3.63, 3.8) is 0 Å². The van der Waals surface area contributed by atoms with Crippen LogP contribution in [0, 0.1) is 11.8 Å². The van der Waals surface area contributed by atoms with Crippen LogP contribution in [0.5, 0.6) is 0 Å². The van der Waals surface area contributed by atoms with Crippen molar-refractivity contribution in [2.24, 2.45) is 11.8 Å². The molecule has 1 fully saturated rings. The molecule has 7 heteroatoms. The Bertz CT molecular complexity index is 987. The van der Waals surface area contributed by atoms with Crippen LogP contribution in [0.4, 0.5) is 4.79 Å². The van der Waals surface area contributed by atoms with Crippen molar-refractivity contribution in [3.05, 3.63) is 59.7 Å². The summed E-state index contributed by atoms with van der Waals surface area (Å²) in [7, 11) is 0. The van der Waals surface area contributed by atoms with Crippen molar-refractivity contribution in [1.29, 1.82) is 0 Å². The van der Waals surface area contributed by atoms with Crippen LogP contribution in [0.15, 0.2) is 48.5 Å². The van der Waals surface area contributed by atoms with Crippen LogP contribution in [-0.4, -0.2) is 42.3 Å². The van der Waals surface area contributed by atoms with Crippen LogP contribution < -0.4 is 10.6 Å². The van der Waals surface area contributed by atoms with Crippen LogP contribution >= 0.6 is 0 Å². The molecule has 2 aliphatic rings. The Hall–Kier alpha value is -3.35. The monoisotopic (exact) mass is 450 g/mol. The topological polar surface area (TPSA) is 105 Å². The number of hydrogen-bond acceptors (Lipinski definition) is 4. The molecule has 4 rings (SSSR count). The third kappa shape index (κ3) is 5.53. The molecule has 0 bridgehead atoms. The van der Waals surface area contributed by atoms with Crippen LogP contribution in [0.1, 0.15) is 49.7 Å². The minimum Gasteiger partial charge on any atom is -0.481 e. The van der Waals surface area contributed by atoms with E-state index in [0.717, 1.165) is 24.0 Å². The van der Waals surface area contributed by atoms with Gasteiger partial charge in [0.15, 0.2) is 0 Å². The number of carboxylic acids is 1. The van der Waals surface area contributed by atoms with Crippen molar-refractivity contribution in [2.75, 3.05) is 13.2 Å². The van der Waals surface area contributed by atoms with E-state index >= 15 is 0 Å². The van der Waals surface area contributed by atoms with Crippen molar-refractivity contribution >= 4 is 18.0 Å². The predicted octanol–water partition coefficient (Wildman–Crippen LogP) is 3.92. The third-order valence-corrected chi connectivity index (χ3v) is 6.55. The van der Waals surface area contributed by atoms with E-state index in [1.54, 1.807) is 6.92 Å². The molecule has 2 aromatic carbocycles. The van der Waals surface area contributed by atoms with Crippen molar-refractivity contribution in [2.45, 2.75) is 44.6 Å². The molecule has 0 saturated heterocycles. The quantitative estimate of drug-likeness (QED) is 0.509. The van der Waals surface area contributed by atoms with Gasteiger partial charge in [-0.2, -0.15) is 0 Å². The first-order chi connectivity index (χ1) is 15.9. The minimum atomic E-state index is -0.906. The molecule has 0 aliphatic heterocycles. The van der Waals surface area contributed by atoms with Gasteiger partial charge in [-0.15, -0.1) is 0 Å². The molecule has 0 aromatic heterocycles. The summed E-state index contributed by atoms with van der Waals surface area (Å²) >= 11 is 0. The zero-order valence-electron chi connectivity index (χ0n) is 18.8. The summed E-state index contributed by atoms with van der Waals surface area (Å²) in [5, 5.41) is 14.6. The van der Waals surface area contributed by atoms with Crippen molar-refractivity contribution in [1.82, 2.24) is 10.6 Å². The highest BCUT2D eigenvalue weighted by atomic mass is 16.5. The largest absolute Gasteiger partial charge is 0.481 e. The Kier molecular flexibility index (Phi) is 6.96. The second-order valence-corrected chi connectivity index (χ2v) is 8.99. The fraction of sp³-hybridized carbons (Fsp3) is 0.423. The van der Waals surface area contributed by atoms with Crippen molar-refractivity contribution < 1.29 is 24.2 Å². The lowest BCUT2D eigenvalue weighted by Crippen LogP contribution is -2.41. The van der Waals surface area contributed by atoms with E-state index in [0.29, 0.717) is 13.0 Å². The molecule has 174 valence electrons. The Morgan fingerprint density at radius 2 is 1.64 bits per heavy atom. The number of ether oxygens (including phenoxy) is 1. The molecule has 0 spiro atoms. The lowest BCUT2D eigenvalue weighted by Gasteiger charge is -2.19. The van der Waals surface area contributed by atoms with Gasteiger partial charge in [-0.1, -0.05) is 55.5 Å². The Balaban J connectivity index is 1.22. The van der Waals surface area contributed by atoms with Crippen LogP contribution in [0.3, 0.4) is 0 Å². The zero-order valence-corrected chi connectivity index (χ0v) is 18.8. The average Bonchev–Trinajstić information content (AvgIpc) is 3.60. The molecule has 2 unspecified atom stereocenters. The molecule has 0 radical (unpaired) electrons. The summed E-state index contributed by atoms with van der Waals surface area (Å²) in [6.07, 6.45) is 1.79. The molecule has 7 nitrogen and oxygen atoms in total. The first-order valence-electron chi connectivity index (χ1n) is 11.5. The van der Waals surface area contributed by atoms with Crippen molar-refractivity contribution in [3.8, 4) is 11.1 Å². The maximum atomic E-state index is 12.4. The molecule has 1 saturated carbocycles. The number of rotatable bonds is 10. The maximum Gasteiger partial charge on any atom is 0.407 e. The number of carbonyl (C=O) groups excluding carboxylic acids is 2. The first kappa shape index (κ1) is 22.8. The van der Waals surface area contributed by atoms with Crippen LogP contribution in [-0.2, 0) is 14.3 Å². The maximum absolute atomic E-state index is 12.4. The summed E-state index contributed by atoms with van der Waals surface area (Å²) in [6.45, 7) is 2.33. The van der Waals surface area contributed by atoms with Gasteiger partial charge in [-0.3, -0.25) is 9.59 Å². The highest BCUT2D eigenvalue weighted by molar-refractivity contribution is 5.80. The van der Waals surface area contributed by atoms with Gasteiger partial charge in [-0.05, 0) is 47.4 Å². The molecule has 2 aliphatic carbocycles. The number of hydrogen-bond donors (Lipinski definition) is 3. The molecule has 0 heterocycles. The number of amides is 2. The number of benzene rings is 2. The number of fused-ring (bicyclic) bond motifs is 3. The molecular weight excluding hydrogens is 420 g/mol. The van der Waals surface area contributed by atoms with Gasteiger partial charge >= 0.3 is 12.1 Å². The van der Waals surface area contributed by atoms with Gasteiger partial charge in [0, 0.05) is 24.4 Å². The lowest BCUT2D eigenvalue weighted by atomic mass is 9.98. The fourth-order valence-corrected chi connectivity index (χ4v) is 4.52. The molecule has 2 aromatic rings. The Labute approximate surface area is 193 Å². The van der Waals surface area contributed by atoms with E-state index in [-0.39, 0.29) is 42.7 Å². The van der Waals surface area contributed by atoms with Crippen LogP contribution in [0.2, 0.25) is 0 Å². The summed E-state index contributed by atoms with van der Waals surface area (Å²) in [5.41, 5.74) is 4.66. The second kappa shape index (κ2) is 10.1. The highest BCUT2D eigenvalue weighted by Crippen LogP contribution is 2.44. The van der Waals surface area contributed by atoms with E-state index in [9.17, 15) is 14.4 Å². The average molecular weight is 451 g/mol. The Morgan fingerprint density at radius 1 is 1.03 bits per heavy atom. The molecule has 3 N–H and O–H groups in total. The molecule has 2 amide bonds. The number of carbonyl (C=O) groups is 3. The molecule has 2 atom stereocenters. The van der Waals surface area contributed by atoms with Gasteiger partial charge in [0.1, 0.15) is 6.61 Å². The van der Waals surface area contributed by atoms with Gasteiger partial charge in [-0.25, -0.2) is 4.79 Å². The van der Waals surface area contributed by atoms with E-state index < -0.39 is 12.1 Å². The second-order valence-electron chi connectivity index (χ2n) is 8.99. The normalized spacial score (nSPS) is 16.3. The number of aliphatic carboxylic acids is 1. The van der Waals surface area contributed by atoms with Crippen LogP contribution in [0.25, 0.3) is 11.1 Å². The van der Waals surface area contributed by atoms with Gasteiger partial charge in [0.25, 0.3) is 0 Å². The van der Waals surface area contributed by atoms with E-state index in [2.05, 4.69) is 34.9 Å². The first-order valence-corrected chi connectivity index (χ1v) is 11.5. The summed E-state index contributed by atoms with van der Waals surface area (Å²) in [6, 6.07) is 16.0. The van der Waals surface area contributed by atoms with Gasteiger partial charge < -0.3 is 20.5 Å². The lowest BCUT2D eigenvalue weighted by molar-refractivity contribution is -0.138. The summed E-state index contributed by atoms with van der Waals surface area (Å²) in [4.78, 5) is 35.7. The SMILES string of the molecule is CC(CCNC(=O)OCC1c2ccccc2-c2ccccc21)C(=O)NC(CC(=O)O)C1CC1. The molecular formula is C26H30N2O5. The highest BCUT2D eigenvalue weighted by Gasteiger charge is 2.34. The smallest absolute Gasteiger partial charge is 0.407 e. The standard InChI is InChI=1S/C26H30N2O5/c1-16(25(31)28-23(14-24(29)30)17-10-11-17)12-13-27-26(32)33-15-22-20-8-4-2-6-18(20)19-7-3-5-9-21(19)22/h2-9,16-17,22-23H,10-15H2,1H3,(H,27,32)(H,28,31)(H,29,30). The van der Waals surface area contributed by atoms with Gasteiger partial charge in [0.2, 0.25) is 5.91 Å². The van der Waals surface area contributed by atoms with E-state index in [1.807, 2.05) is 24.3 Å². The number of carboxylic acid groups (broad SMARTS) is 1. The van der Waals surface area contributed by atoms with E-state index in [4.69, 9.17) is 9.84 Å². The predicted molar refractivity (Wildman–Crippen MR) is 124 cm³/mol. The van der Waals surface area contributed by atoms with E-state index in [1.165, 1.54) is 11.1 Å². The fourth-order valence-electron chi connectivity index (χ4n) is 4.52. The summed E-state index contributed by atoms with van der Waals surface area (Å²) < 4.78 is 5.51. The zero-order chi connectivity index (χ0) is 23.4. The minimum absolute atomic E-state index is 0.00134. The molecule has 33 heavy (non-hydrogen) atoms. The third-order valence-electron chi connectivity index (χ3n) is 6.55. The van der Waals surface area contributed by atoms with Gasteiger partial charge in [0.05, 0.1) is 6.42 Å².